The number of halogens is 1. The van der Waals surface area contributed by atoms with Gasteiger partial charge >= 0.3 is 5.97 Å². The average Bonchev–Trinajstić information content (AvgIpc) is 3.19. The van der Waals surface area contributed by atoms with Crippen molar-refractivity contribution < 1.29 is 23.8 Å². The molecule has 10 heteroatoms. The molecule has 0 radical (unpaired) electrons. The van der Waals surface area contributed by atoms with Crippen LogP contribution in [0.4, 0.5) is 10.1 Å². The van der Waals surface area contributed by atoms with Crippen LogP contribution in [0.3, 0.4) is 0 Å². The second kappa shape index (κ2) is 10.3. The van der Waals surface area contributed by atoms with E-state index in [2.05, 4.69) is 15.5 Å². The molecule has 3 aromatic rings. The second-order valence-electron chi connectivity index (χ2n) is 7.21. The first-order valence-corrected chi connectivity index (χ1v) is 10.9. The number of thioether (sulfide) groups is 1. The van der Waals surface area contributed by atoms with E-state index < -0.39 is 17.9 Å². The SMILES string of the molecule is CC(Oc1ccccc1F)c1nnc(SCC(=O)Nc2ccc(C(=O)O)cc2)n1C(C)C. The number of aromatic carboxylic acids is 1. The van der Waals surface area contributed by atoms with Gasteiger partial charge in [0.25, 0.3) is 0 Å². The molecule has 0 saturated carbocycles. The maximum atomic E-state index is 13.9. The second-order valence-corrected chi connectivity index (χ2v) is 8.16. The lowest BCUT2D eigenvalue weighted by atomic mass is 10.2. The van der Waals surface area contributed by atoms with Crippen LogP contribution in [0.15, 0.2) is 53.7 Å². The number of carbonyl (C=O) groups excluding carboxylic acids is 1. The highest BCUT2D eigenvalue weighted by Crippen LogP contribution is 2.28. The summed E-state index contributed by atoms with van der Waals surface area (Å²) in [4.78, 5) is 23.2. The Morgan fingerprint density at radius 2 is 1.81 bits per heavy atom. The van der Waals surface area contributed by atoms with Gasteiger partial charge in [0.1, 0.15) is 0 Å². The number of carboxylic acid groups (broad SMARTS) is 1. The van der Waals surface area contributed by atoms with E-state index in [1.807, 2.05) is 18.4 Å². The number of rotatable bonds is 9. The predicted molar refractivity (Wildman–Crippen MR) is 119 cm³/mol. The van der Waals surface area contributed by atoms with Gasteiger partial charge in [0.15, 0.2) is 28.7 Å². The molecule has 0 aliphatic carbocycles. The van der Waals surface area contributed by atoms with Crippen LogP contribution in [0.1, 0.15) is 49.1 Å². The largest absolute Gasteiger partial charge is 0.480 e. The average molecular weight is 459 g/mol. The number of hydrogen-bond acceptors (Lipinski definition) is 6. The molecule has 8 nitrogen and oxygen atoms in total. The van der Waals surface area contributed by atoms with Gasteiger partial charge in [-0.1, -0.05) is 23.9 Å². The van der Waals surface area contributed by atoms with Crippen molar-refractivity contribution in [2.24, 2.45) is 0 Å². The van der Waals surface area contributed by atoms with Crippen LogP contribution in [0.5, 0.6) is 5.75 Å². The first-order valence-electron chi connectivity index (χ1n) is 9.88. The van der Waals surface area contributed by atoms with E-state index in [4.69, 9.17) is 9.84 Å². The maximum Gasteiger partial charge on any atom is 0.335 e. The third-order valence-electron chi connectivity index (χ3n) is 4.46. The molecular weight excluding hydrogens is 435 g/mol. The number of nitrogens with one attached hydrogen (secondary N) is 1. The standard InChI is InChI=1S/C22H23FN4O4S/c1-13(2)27-20(14(3)31-18-7-5-4-6-17(18)23)25-26-22(27)32-12-19(28)24-16-10-8-15(9-11-16)21(29)30/h4-11,13-14H,12H2,1-3H3,(H,24,28)(H,29,30). The summed E-state index contributed by atoms with van der Waals surface area (Å²) in [7, 11) is 0. The summed E-state index contributed by atoms with van der Waals surface area (Å²) in [6.07, 6.45) is -0.558. The molecule has 32 heavy (non-hydrogen) atoms. The molecule has 0 aliphatic heterocycles. The first-order chi connectivity index (χ1) is 15.3. The fourth-order valence-corrected chi connectivity index (χ4v) is 3.83. The third-order valence-corrected chi connectivity index (χ3v) is 5.40. The summed E-state index contributed by atoms with van der Waals surface area (Å²) in [5, 5.41) is 20.6. The van der Waals surface area contributed by atoms with Gasteiger partial charge < -0.3 is 19.7 Å². The number of amides is 1. The van der Waals surface area contributed by atoms with Crippen LogP contribution >= 0.6 is 11.8 Å². The highest BCUT2D eigenvalue weighted by Gasteiger charge is 2.22. The molecule has 0 fully saturated rings. The first kappa shape index (κ1) is 23.3. The Balaban J connectivity index is 1.66. The Kier molecular flexibility index (Phi) is 7.47. The Morgan fingerprint density at radius 1 is 1.12 bits per heavy atom. The molecule has 0 bridgehead atoms. The summed E-state index contributed by atoms with van der Waals surface area (Å²) in [6, 6.07) is 12.0. The molecule has 1 amide bonds. The van der Waals surface area contributed by atoms with Crippen molar-refractivity contribution in [2.75, 3.05) is 11.1 Å². The Hall–Kier alpha value is -3.40. The van der Waals surface area contributed by atoms with Crippen molar-refractivity contribution in [2.45, 2.75) is 38.1 Å². The summed E-state index contributed by atoms with van der Waals surface area (Å²) in [6.45, 7) is 5.67. The number of anilines is 1. The van der Waals surface area contributed by atoms with E-state index in [0.29, 0.717) is 16.7 Å². The normalized spacial score (nSPS) is 11.9. The molecule has 2 aromatic carbocycles. The fourth-order valence-electron chi connectivity index (χ4n) is 2.96. The lowest BCUT2D eigenvalue weighted by Crippen LogP contribution is -2.17. The fraction of sp³-hybridized carbons (Fsp3) is 0.273. The van der Waals surface area contributed by atoms with E-state index in [9.17, 15) is 14.0 Å². The number of carboxylic acids is 1. The van der Waals surface area contributed by atoms with Gasteiger partial charge in [0, 0.05) is 11.7 Å². The van der Waals surface area contributed by atoms with Crippen molar-refractivity contribution in [3.8, 4) is 5.75 Å². The summed E-state index contributed by atoms with van der Waals surface area (Å²) < 4.78 is 21.5. The predicted octanol–water partition coefficient (Wildman–Crippen LogP) is 4.57. The molecule has 1 atom stereocenters. The molecule has 0 aliphatic rings. The lowest BCUT2D eigenvalue weighted by molar-refractivity contribution is -0.113. The van der Waals surface area contributed by atoms with Gasteiger partial charge in [0.05, 0.1) is 11.3 Å². The van der Waals surface area contributed by atoms with Gasteiger partial charge in [-0.05, 0) is 57.2 Å². The van der Waals surface area contributed by atoms with Gasteiger partial charge in [0.2, 0.25) is 5.91 Å². The van der Waals surface area contributed by atoms with E-state index in [1.165, 1.54) is 42.1 Å². The van der Waals surface area contributed by atoms with Crippen molar-refractivity contribution in [1.29, 1.82) is 0 Å². The number of benzene rings is 2. The molecular formula is C22H23FN4O4S. The Bertz CT molecular complexity index is 1100. The Labute approximate surface area is 188 Å². The van der Waals surface area contributed by atoms with Crippen molar-refractivity contribution in [3.05, 3.63) is 65.7 Å². The zero-order chi connectivity index (χ0) is 23.3. The van der Waals surface area contributed by atoms with E-state index in [-0.39, 0.29) is 29.0 Å². The van der Waals surface area contributed by atoms with Crippen LogP contribution in [0.2, 0.25) is 0 Å². The molecule has 2 N–H and O–H groups in total. The minimum absolute atomic E-state index is 0.0132. The van der Waals surface area contributed by atoms with Crippen LogP contribution in [0, 0.1) is 5.82 Å². The summed E-state index contributed by atoms with van der Waals surface area (Å²) in [5.74, 6) is -1.04. The van der Waals surface area contributed by atoms with E-state index in [0.717, 1.165) is 0 Å². The van der Waals surface area contributed by atoms with Gasteiger partial charge in [-0.2, -0.15) is 0 Å². The molecule has 0 saturated heterocycles. The topological polar surface area (TPSA) is 106 Å². The number of para-hydroxylation sites is 1. The highest BCUT2D eigenvalue weighted by molar-refractivity contribution is 7.99. The summed E-state index contributed by atoms with van der Waals surface area (Å²) in [5.41, 5.74) is 0.639. The third kappa shape index (κ3) is 5.64. The van der Waals surface area contributed by atoms with Crippen LogP contribution in [-0.4, -0.2) is 37.5 Å². The highest BCUT2D eigenvalue weighted by atomic mass is 32.2. The number of nitrogens with zero attached hydrogens (tertiary/aromatic N) is 3. The Morgan fingerprint density at radius 3 is 2.44 bits per heavy atom. The van der Waals surface area contributed by atoms with Gasteiger partial charge in [-0.15, -0.1) is 10.2 Å². The van der Waals surface area contributed by atoms with E-state index in [1.54, 1.807) is 25.1 Å². The van der Waals surface area contributed by atoms with E-state index >= 15 is 0 Å². The molecule has 168 valence electrons. The zero-order valence-corrected chi connectivity index (χ0v) is 18.6. The molecule has 0 spiro atoms. The molecule has 1 heterocycles. The number of aromatic nitrogens is 3. The molecule has 3 rings (SSSR count). The quantitative estimate of drug-likeness (QED) is 0.453. The van der Waals surface area contributed by atoms with Crippen molar-refractivity contribution >= 4 is 29.3 Å². The zero-order valence-electron chi connectivity index (χ0n) is 17.8. The number of hydrogen-bond donors (Lipinski definition) is 2. The summed E-state index contributed by atoms with van der Waals surface area (Å²) >= 11 is 1.21. The minimum Gasteiger partial charge on any atom is -0.480 e. The van der Waals surface area contributed by atoms with Crippen molar-refractivity contribution in [1.82, 2.24) is 14.8 Å². The minimum atomic E-state index is -1.03. The van der Waals surface area contributed by atoms with Crippen LogP contribution in [0.25, 0.3) is 0 Å². The van der Waals surface area contributed by atoms with Crippen LogP contribution in [-0.2, 0) is 4.79 Å². The lowest BCUT2D eigenvalue weighted by Gasteiger charge is -2.19. The molecule has 1 unspecified atom stereocenters. The monoisotopic (exact) mass is 458 g/mol. The van der Waals surface area contributed by atoms with Crippen LogP contribution < -0.4 is 10.1 Å². The van der Waals surface area contributed by atoms with Crippen molar-refractivity contribution in [3.63, 3.8) is 0 Å². The van der Waals surface area contributed by atoms with Gasteiger partial charge in [-0.3, -0.25) is 4.79 Å². The smallest absolute Gasteiger partial charge is 0.335 e. The number of carbonyl (C=O) groups is 2. The van der Waals surface area contributed by atoms with Gasteiger partial charge in [-0.25, -0.2) is 9.18 Å². The molecule has 1 aromatic heterocycles. The maximum absolute atomic E-state index is 13.9. The number of ether oxygens (including phenoxy) is 1.